The van der Waals surface area contributed by atoms with Crippen LogP contribution in [0.2, 0.25) is 5.02 Å². The van der Waals surface area contributed by atoms with E-state index in [-0.39, 0.29) is 30.1 Å². The van der Waals surface area contributed by atoms with Gasteiger partial charge < -0.3 is 15.1 Å². The lowest BCUT2D eigenvalue weighted by Crippen LogP contribution is -2.43. The Labute approximate surface area is 160 Å². The van der Waals surface area contributed by atoms with Crippen molar-refractivity contribution in [3.05, 3.63) is 34.9 Å². The summed E-state index contributed by atoms with van der Waals surface area (Å²) in [6.45, 7) is 4.47. The molecule has 2 saturated heterocycles. The summed E-state index contributed by atoms with van der Waals surface area (Å²) >= 11 is 5.98. The summed E-state index contributed by atoms with van der Waals surface area (Å²) in [5.41, 5.74) is 0.612. The van der Waals surface area contributed by atoms with Gasteiger partial charge in [0.05, 0.1) is 0 Å². The number of hydrogen-bond donors (Lipinski definition) is 1. The highest BCUT2D eigenvalue weighted by Gasteiger charge is 2.28. The zero-order valence-corrected chi connectivity index (χ0v) is 15.8. The van der Waals surface area contributed by atoms with Gasteiger partial charge >= 0.3 is 0 Å². The summed E-state index contributed by atoms with van der Waals surface area (Å²) in [5.74, 6) is 0.392. The molecule has 1 aromatic rings. The Hall–Kier alpha value is -1.30. The Bertz CT molecular complexity index is 606. The molecule has 0 atom stereocenters. The molecule has 138 valence electrons. The number of hydrogen-bond acceptors (Lipinski definition) is 3. The van der Waals surface area contributed by atoms with E-state index in [0.29, 0.717) is 30.2 Å². The van der Waals surface area contributed by atoms with Crippen LogP contribution in [-0.2, 0) is 4.79 Å². The van der Waals surface area contributed by atoms with Crippen molar-refractivity contribution in [1.29, 1.82) is 0 Å². The number of carbonyl (C=O) groups excluding carboxylic acids is 2. The molecule has 3 rings (SSSR count). The number of benzene rings is 1. The number of amides is 2. The molecule has 1 N–H and O–H groups in total. The molecule has 0 aromatic heterocycles. The van der Waals surface area contributed by atoms with Crippen LogP contribution in [0.25, 0.3) is 0 Å². The molecule has 2 amide bonds. The van der Waals surface area contributed by atoms with Gasteiger partial charge in [-0.05, 0) is 50.6 Å². The molecule has 0 saturated carbocycles. The maximum absolute atomic E-state index is 12.7. The molecule has 0 bridgehead atoms. The van der Waals surface area contributed by atoms with E-state index in [2.05, 4.69) is 5.32 Å². The Morgan fingerprint density at radius 3 is 2.44 bits per heavy atom. The third kappa shape index (κ3) is 5.09. The fraction of sp³-hybridized carbons (Fsp3) is 0.556. The Morgan fingerprint density at radius 1 is 1.04 bits per heavy atom. The van der Waals surface area contributed by atoms with E-state index in [9.17, 15) is 9.59 Å². The smallest absolute Gasteiger partial charge is 0.253 e. The first-order valence-corrected chi connectivity index (χ1v) is 9.07. The molecule has 0 radical (unpaired) electrons. The lowest BCUT2D eigenvalue weighted by molar-refractivity contribution is -0.136. The summed E-state index contributed by atoms with van der Waals surface area (Å²) in [4.78, 5) is 29.1. The summed E-state index contributed by atoms with van der Waals surface area (Å²) in [5, 5.41) is 3.86. The van der Waals surface area contributed by atoms with E-state index >= 15 is 0 Å². The first kappa shape index (κ1) is 20.0. The first-order chi connectivity index (χ1) is 11.6. The normalized spacial score (nSPS) is 19.1. The Kier molecular flexibility index (Phi) is 7.54. The molecule has 2 heterocycles. The standard InChI is InChI=1S/C18H24ClN3O2.ClH/c19-16-4-1-3-15(13-16)18(24)22-10-2-9-21(11-12-22)17(23)14-5-7-20-8-6-14;/h1,3-4,13-14,20H,2,5-12H2;1H. The van der Waals surface area contributed by atoms with E-state index in [1.54, 1.807) is 24.3 Å². The van der Waals surface area contributed by atoms with Crippen LogP contribution in [0, 0.1) is 5.92 Å². The molecular weight excluding hydrogens is 361 g/mol. The van der Waals surface area contributed by atoms with Crippen LogP contribution in [-0.4, -0.2) is 60.9 Å². The molecule has 5 nitrogen and oxygen atoms in total. The predicted octanol–water partition coefficient (Wildman–Crippen LogP) is 2.44. The second kappa shape index (κ2) is 9.41. The van der Waals surface area contributed by atoms with Crippen molar-refractivity contribution in [2.24, 2.45) is 5.92 Å². The number of rotatable bonds is 2. The second-order valence-corrected chi connectivity index (χ2v) is 6.94. The molecule has 0 aliphatic carbocycles. The second-order valence-electron chi connectivity index (χ2n) is 6.51. The fourth-order valence-electron chi connectivity index (χ4n) is 3.47. The number of halogens is 2. The van der Waals surface area contributed by atoms with Crippen molar-refractivity contribution in [3.8, 4) is 0 Å². The maximum Gasteiger partial charge on any atom is 0.253 e. The maximum atomic E-state index is 12.7. The van der Waals surface area contributed by atoms with Gasteiger partial charge in [0.1, 0.15) is 0 Å². The molecule has 2 fully saturated rings. The molecule has 25 heavy (non-hydrogen) atoms. The zero-order valence-electron chi connectivity index (χ0n) is 14.2. The number of carbonyl (C=O) groups is 2. The highest BCUT2D eigenvalue weighted by Crippen LogP contribution is 2.18. The van der Waals surface area contributed by atoms with Gasteiger partial charge in [-0.2, -0.15) is 0 Å². The molecule has 7 heteroatoms. The van der Waals surface area contributed by atoms with Gasteiger partial charge in [-0.15, -0.1) is 12.4 Å². The van der Waals surface area contributed by atoms with Crippen molar-refractivity contribution in [2.75, 3.05) is 39.3 Å². The van der Waals surface area contributed by atoms with Gasteiger partial charge in [0.2, 0.25) is 5.91 Å². The van der Waals surface area contributed by atoms with E-state index in [0.717, 1.165) is 38.9 Å². The molecule has 0 spiro atoms. The SMILES string of the molecule is Cl.O=C(c1cccc(Cl)c1)N1CCCN(C(=O)C2CCNCC2)CC1. The van der Waals surface area contributed by atoms with Gasteiger partial charge in [-0.3, -0.25) is 9.59 Å². The quantitative estimate of drug-likeness (QED) is 0.850. The molecule has 0 unspecified atom stereocenters. The summed E-state index contributed by atoms with van der Waals surface area (Å²) in [7, 11) is 0. The van der Waals surface area contributed by atoms with E-state index in [4.69, 9.17) is 11.6 Å². The van der Waals surface area contributed by atoms with Gasteiger partial charge in [-0.1, -0.05) is 17.7 Å². The largest absolute Gasteiger partial charge is 0.341 e. The highest BCUT2D eigenvalue weighted by atomic mass is 35.5. The average Bonchev–Trinajstić information content (AvgIpc) is 2.87. The Morgan fingerprint density at radius 2 is 1.72 bits per heavy atom. The summed E-state index contributed by atoms with van der Waals surface area (Å²) in [6.07, 6.45) is 2.66. The third-order valence-corrected chi connectivity index (χ3v) is 5.09. The van der Waals surface area contributed by atoms with Crippen LogP contribution in [0.1, 0.15) is 29.6 Å². The molecule has 1 aromatic carbocycles. The minimum Gasteiger partial charge on any atom is -0.341 e. The van der Waals surface area contributed by atoms with Gasteiger partial charge in [0.25, 0.3) is 5.91 Å². The van der Waals surface area contributed by atoms with E-state index in [1.165, 1.54) is 0 Å². The molecular formula is C18H25Cl2N3O2. The van der Waals surface area contributed by atoms with Crippen molar-refractivity contribution in [3.63, 3.8) is 0 Å². The van der Waals surface area contributed by atoms with Crippen LogP contribution in [0.3, 0.4) is 0 Å². The minimum absolute atomic E-state index is 0. The van der Waals surface area contributed by atoms with E-state index in [1.807, 2.05) is 9.80 Å². The lowest BCUT2D eigenvalue weighted by atomic mass is 9.96. The Balaban J connectivity index is 0.00000225. The van der Waals surface area contributed by atoms with Crippen LogP contribution in [0.4, 0.5) is 0 Å². The highest BCUT2D eigenvalue weighted by molar-refractivity contribution is 6.30. The predicted molar refractivity (Wildman–Crippen MR) is 101 cm³/mol. The van der Waals surface area contributed by atoms with Crippen LogP contribution >= 0.6 is 24.0 Å². The zero-order chi connectivity index (χ0) is 16.9. The summed E-state index contributed by atoms with van der Waals surface area (Å²) in [6, 6.07) is 7.05. The third-order valence-electron chi connectivity index (χ3n) is 4.85. The average molecular weight is 386 g/mol. The number of nitrogens with zero attached hydrogens (tertiary/aromatic N) is 2. The number of piperidine rings is 1. The van der Waals surface area contributed by atoms with Crippen molar-refractivity contribution < 1.29 is 9.59 Å². The van der Waals surface area contributed by atoms with Crippen LogP contribution in [0.5, 0.6) is 0 Å². The number of nitrogens with one attached hydrogen (secondary N) is 1. The topological polar surface area (TPSA) is 52.7 Å². The van der Waals surface area contributed by atoms with E-state index < -0.39 is 0 Å². The summed E-state index contributed by atoms with van der Waals surface area (Å²) < 4.78 is 0. The monoisotopic (exact) mass is 385 g/mol. The van der Waals surface area contributed by atoms with Gasteiger partial charge in [0.15, 0.2) is 0 Å². The van der Waals surface area contributed by atoms with Gasteiger partial charge in [-0.25, -0.2) is 0 Å². The molecule has 2 aliphatic rings. The van der Waals surface area contributed by atoms with Crippen LogP contribution in [0.15, 0.2) is 24.3 Å². The van der Waals surface area contributed by atoms with Crippen molar-refractivity contribution in [2.45, 2.75) is 19.3 Å². The molecule has 2 aliphatic heterocycles. The minimum atomic E-state index is -0.00587. The van der Waals surface area contributed by atoms with Crippen LogP contribution < -0.4 is 5.32 Å². The van der Waals surface area contributed by atoms with Gasteiger partial charge in [0, 0.05) is 42.7 Å². The lowest BCUT2D eigenvalue weighted by Gasteiger charge is -2.28. The van der Waals surface area contributed by atoms with Crippen molar-refractivity contribution >= 4 is 35.8 Å². The fourth-order valence-corrected chi connectivity index (χ4v) is 3.66. The van der Waals surface area contributed by atoms with Crippen molar-refractivity contribution in [1.82, 2.24) is 15.1 Å². The first-order valence-electron chi connectivity index (χ1n) is 8.69.